The van der Waals surface area contributed by atoms with Crippen LogP contribution in [0.15, 0.2) is 36.7 Å². The van der Waals surface area contributed by atoms with Gasteiger partial charge >= 0.3 is 5.97 Å². The molecule has 1 aromatic heterocycles. The Labute approximate surface area is 136 Å². The summed E-state index contributed by atoms with van der Waals surface area (Å²) in [6.45, 7) is 3.70. The summed E-state index contributed by atoms with van der Waals surface area (Å²) in [7, 11) is 1.45. The molecule has 6 nitrogen and oxygen atoms in total. The standard InChI is InChI=1S/C17H22N4O2/c1-13-5-3-4-6-15(13)16(17(22)23-2)20-10-7-14(8-11-20)21-12-9-18-19-21/h3-6,9,12,14,16H,7-8,10-11H2,1-2H3. The number of hydrogen-bond donors (Lipinski definition) is 0. The molecule has 0 aliphatic carbocycles. The molecule has 0 bridgehead atoms. The number of ether oxygens (including phenoxy) is 1. The van der Waals surface area contributed by atoms with Crippen LogP contribution in [0.1, 0.15) is 36.1 Å². The van der Waals surface area contributed by atoms with Crippen molar-refractivity contribution in [3.63, 3.8) is 0 Å². The second-order valence-electron chi connectivity index (χ2n) is 5.93. The van der Waals surface area contributed by atoms with E-state index < -0.39 is 0 Å². The van der Waals surface area contributed by atoms with Crippen LogP contribution in [0.5, 0.6) is 0 Å². The van der Waals surface area contributed by atoms with Crippen molar-refractivity contribution in [2.45, 2.75) is 31.8 Å². The minimum absolute atomic E-state index is 0.196. The largest absolute Gasteiger partial charge is 0.468 e. The maximum Gasteiger partial charge on any atom is 0.327 e. The van der Waals surface area contributed by atoms with Crippen molar-refractivity contribution in [3.05, 3.63) is 47.8 Å². The van der Waals surface area contributed by atoms with Gasteiger partial charge in [0.1, 0.15) is 6.04 Å². The van der Waals surface area contributed by atoms with E-state index in [9.17, 15) is 4.79 Å². The van der Waals surface area contributed by atoms with E-state index in [-0.39, 0.29) is 12.0 Å². The van der Waals surface area contributed by atoms with Gasteiger partial charge in [-0.25, -0.2) is 9.48 Å². The molecular weight excluding hydrogens is 292 g/mol. The number of benzene rings is 1. The molecule has 122 valence electrons. The van der Waals surface area contributed by atoms with Gasteiger partial charge in [0, 0.05) is 19.3 Å². The van der Waals surface area contributed by atoms with Gasteiger partial charge in [-0.15, -0.1) is 5.10 Å². The second kappa shape index (κ2) is 6.91. The van der Waals surface area contributed by atoms with Gasteiger partial charge in [-0.05, 0) is 30.9 Å². The van der Waals surface area contributed by atoms with Crippen molar-refractivity contribution in [1.82, 2.24) is 19.9 Å². The zero-order valence-corrected chi connectivity index (χ0v) is 13.6. The number of esters is 1. The molecule has 0 saturated carbocycles. The molecule has 1 fully saturated rings. The Kier molecular flexibility index (Phi) is 4.71. The van der Waals surface area contributed by atoms with E-state index in [0.717, 1.165) is 37.1 Å². The fourth-order valence-corrected chi connectivity index (χ4v) is 3.30. The average molecular weight is 314 g/mol. The third-order valence-electron chi connectivity index (χ3n) is 4.59. The van der Waals surface area contributed by atoms with Crippen LogP contribution in [0.4, 0.5) is 0 Å². The molecule has 0 radical (unpaired) electrons. The first kappa shape index (κ1) is 15.7. The molecule has 1 saturated heterocycles. The topological polar surface area (TPSA) is 60.2 Å². The van der Waals surface area contributed by atoms with Crippen LogP contribution in [0, 0.1) is 6.92 Å². The second-order valence-corrected chi connectivity index (χ2v) is 5.93. The minimum atomic E-state index is -0.335. The van der Waals surface area contributed by atoms with Crippen LogP contribution in [0.2, 0.25) is 0 Å². The molecule has 0 N–H and O–H groups in total. The molecule has 1 aliphatic rings. The number of carbonyl (C=O) groups excluding carboxylic acids is 1. The maximum absolute atomic E-state index is 12.4. The van der Waals surface area contributed by atoms with Gasteiger partial charge in [-0.3, -0.25) is 4.90 Å². The number of rotatable bonds is 4. The number of carbonyl (C=O) groups is 1. The number of aromatic nitrogens is 3. The Bertz CT molecular complexity index is 648. The lowest BCUT2D eigenvalue weighted by atomic mass is 9.96. The zero-order valence-electron chi connectivity index (χ0n) is 13.6. The predicted octanol–water partition coefficient (Wildman–Crippen LogP) is 2.14. The SMILES string of the molecule is COC(=O)C(c1ccccc1C)N1CCC(n2ccnn2)CC1. The lowest BCUT2D eigenvalue weighted by molar-refractivity contribution is -0.148. The molecule has 6 heteroatoms. The summed E-state index contributed by atoms with van der Waals surface area (Å²) in [5.74, 6) is -0.196. The fourth-order valence-electron chi connectivity index (χ4n) is 3.30. The summed E-state index contributed by atoms with van der Waals surface area (Å²) in [5.41, 5.74) is 2.14. The van der Waals surface area contributed by atoms with Gasteiger partial charge in [0.2, 0.25) is 0 Å². The highest BCUT2D eigenvalue weighted by Crippen LogP contribution is 2.31. The van der Waals surface area contributed by atoms with E-state index in [1.807, 2.05) is 42.1 Å². The van der Waals surface area contributed by atoms with E-state index in [0.29, 0.717) is 6.04 Å². The Morgan fingerprint density at radius 3 is 2.65 bits per heavy atom. The smallest absolute Gasteiger partial charge is 0.327 e. The quantitative estimate of drug-likeness (QED) is 0.809. The Balaban J connectivity index is 1.77. The van der Waals surface area contributed by atoms with E-state index >= 15 is 0 Å². The summed E-state index contributed by atoms with van der Waals surface area (Å²) in [5, 5.41) is 7.97. The predicted molar refractivity (Wildman–Crippen MR) is 85.8 cm³/mol. The van der Waals surface area contributed by atoms with Crippen LogP contribution in [-0.4, -0.2) is 46.1 Å². The molecule has 1 aliphatic heterocycles. The molecule has 2 aromatic rings. The van der Waals surface area contributed by atoms with Crippen LogP contribution >= 0.6 is 0 Å². The monoisotopic (exact) mass is 314 g/mol. The number of piperidine rings is 1. The van der Waals surface area contributed by atoms with Gasteiger partial charge in [0.05, 0.1) is 19.3 Å². The summed E-state index contributed by atoms with van der Waals surface area (Å²) >= 11 is 0. The number of hydrogen-bond acceptors (Lipinski definition) is 5. The van der Waals surface area contributed by atoms with Crippen molar-refractivity contribution in [3.8, 4) is 0 Å². The van der Waals surface area contributed by atoms with Gasteiger partial charge in [0.15, 0.2) is 0 Å². The Morgan fingerprint density at radius 1 is 1.30 bits per heavy atom. The zero-order chi connectivity index (χ0) is 16.2. The summed E-state index contributed by atoms with van der Waals surface area (Å²) in [4.78, 5) is 14.6. The van der Waals surface area contributed by atoms with Crippen molar-refractivity contribution in [2.75, 3.05) is 20.2 Å². The highest BCUT2D eigenvalue weighted by Gasteiger charge is 2.33. The van der Waals surface area contributed by atoms with Gasteiger partial charge < -0.3 is 4.74 Å². The third-order valence-corrected chi connectivity index (χ3v) is 4.59. The van der Waals surface area contributed by atoms with E-state index in [4.69, 9.17) is 4.74 Å². The van der Waals surface area contributed by atoms with Crippen molar-refractivity contribution in [2.24, 2.45) is 0 Å². The van der Waals surface area contributed by atoms with Crippen molar-refractivity contribution in [1.29, 1.82) is 0 Å². The highest BCUT2D eigenvalue weighted by atomic mass is 16.5. The first-order valence-electron chi connectivity index (χ1n) is 7.94. The van der Waals surface area contributed by atoms with Gasteiger partial charge in [0.25, 0.3) is 0 Å². The highest BCUT2D eigenvalue weighted by molar-refractivity contribution is 5.78. The summed E-state index contributed by atoms with van der Waals surface area (Å²) < 4.78 is 6.98. The first-order valence-corrected chi connectivity index (χ1v) is 7.94. The van der Waals surface area contributed by atoms with Crippen LogP contribution in [0.25, 0.3) is 0 Å². The maximum atomic E-state index is 12.4. The molecule has 1 aromatic carbocycles. The molecule has 0 amide bonds. The molecular formula is C17H22N4O2. The van der Waals surface area contributed by atoms with Crippen LogP contribution < -0.4 is 0 Å². The number of nitrogens with zero attached hydrogens (tertiary/aromatic N) is 4. The summed E-state index contributed by atoms with van der Waals surface area (Å²) in [6.07, 6.45) is 5.50. The number of aryl methyl sites for hydroxylation is 1. The molecule has 1 unspecified atom stereocenters. The minimum Gasteiger partial charge on any atom is -0.468 e. The van der Waals surface area contributed by atoms with Crippen LogP contribution in [-0.2, 0) is 9.53 Å². The molecule has 3 rings (SSSR count). The van der Waals surface area contributed by atoms with Crippen molar-refractivity contribution < 1.29 is 9.53 Å². The molecule has 1 atom stereocenters. The number of likely N-dealkylation sites (tertiary alicyclic amines) is 1. The van der Waals surface area contributed by atoms with E-state index in [2.05, 4.69) is 15.2 Å². The van der Waals surface area contributed by atoms with E-state index in [1.54, 1.807) is 6.20 Å². The van der Waals surface area contributed by atoms with Gasteiger partial charge in [-0.2, -0.15) is 0 Å². The Hall–Kier alpha value is -2.21. The van der Waals surface area contributed by atoms with Gasteiger partial charge in [-0.1, -0.05) is 29.5 Å². The fraction of sp³-hybridized carbons (Fsp3) is 0.471. The number of methoxy groups -OCH3 is 1. The lowest BCUT2D eigenvalue weighted by Gasteiger charge is -2.36. The Morgan fingerprint density at radius 2 is 2.04 bits per heavy atom. The van der Waals surface area contributed by atoms with Crippen LogP contribution in [0.3, 0.4) is 0 Å². The summed E-state index contributed by atoms with van der Waals surface area (Å²) in [6, 6.07) is 8.03. The normalized spacial score (nSPS) is 17.8. The molecule has 0 spiro atoms. The van der Waals surface area contributed by atoms with Crippen molar-refractivity contribution >= 4 is 5.97 Å². The average Bonchev–Trinajstić information content (AvgIpc) is 3.12. The lowest BCUT2D eigenvalue weighted by Crippen LogP contribution is -2.41. The van der Waals surface area contributed by atoms with E-state index in [1.165, 1.54) is 7.11 Å². The third kappa shape index (κ3) is 3.27. The first-order chi connectivity index (χ1) is 11.2. The molecule has 2 heterocycles. The molecule has 23 heavy (non-hydrogen) atoms.